The maximum absolute atomic E-state index is 12.0. The molecule has 0 aliphatic carbocycles. The summed E-state index contributed by atoms with van der Waals surface area (Å²) >= 11 is 0. The van der Waals surface area contributed by atoms with E-state index in [1.807, 2.05) is 6.07 Å². The summed E-state index contributed by atoms with van der Waals surface area (Å²) < 4.78 is 10.9. The van der Waals surface area contributed by atoms with Crippen molar-refractivity contribution in [1.29, 1.82) is 0 Å². The number of hydrogen-bond donors (Lipinski definition) is 1. The second-order valence-electron chi connectivity index (χ2n) is 6.86. The van der Waals surface area contributed by atoms with Crippen molar-refractivity contribution in [1.82, 2.24) is 15.1 Å². The van der Waals surface area contributed by atoms with Crippen LogP contribution in [0.15, 0.2) is 17.1 Å². The van der Waals surface area contributed by atoms with Crippen LogP contribution in [0.4, 0.5) is 0 Å². The van der Waals surface area contributed by atoms with E-state index in [1.165, 1.54) is 11.1 Å². The van der Waals surface area contributed by atoms with Gasteiger partial charge < -0.3 is 24.6 Å². The number of likely N-dealkylation sites (N-methyl/N-ethyl adjacent to an activating group) is 1. The number of fused-ring (bicyclic) bond motifs is 1. The average Bonchev–Trinajstić information content (AvgIpc) is 2.68. The third kappa shape index (κ3) is 5.52. The van der Waals surface area contributed by atoms with Crippen molar-refractivity contribution >= 4 is 11.9 Å². The van der Waals surface area contributed by atoms with Crippen LogP contribution in [-0.2, 0) is 17.8 Å². The molecule has 27 heavy (non-hydrogen) atoms. The van der Waals surface area contributed by atoms with Crippen LogP contribution >= 0.6 is 0 Å². The number of rotatable bonds is 7. The zero-order chi connectivity index (χ0) is 19.8. The van der Waals surface area contributed by atoms with Gasteiger partial charge in [-0.25, -0.2) is 4.99 Å². The summed E-state index contributed by atoms with van der Waals surface area (Å²) in [6.45, 7) is 4.72. The molecule has 0 atom stereocenters. The number of amides is 1. The number of carbonyl (C=O) groups excluding carboxylic acids is 1. The summed E-state index contributed by atoms with van der Waals surface area (Å²) in [7, 11) is 6.80. The number of ether oxygens (including phenoxy) is 2. The Bertz CT molecular complexity index is 673. The van der Waals surface area contributed by atoms with Crippen LogP contribution in [0, 0.1) is 0 Å². The molecule has 7 nitrogen and oxygen atoms in total. The van der Waals surface area contributed by atoms with Crippen molar-refractivity contribution < 1.29 is 14.3 Å². The Morgan fingerprint density at radius 2 is 1.89 bits per heavy atom. The zero-order valence-corrected chi connectivity index (χ0v) is 17.2. The minimum Gasteiger partial charge on any atom is -0.493 e. The van der Waals surface area contributed by atoms with Crippen LogP contribution in [0.2, 0.25) is 0 Å². The van der Waals surface area contributed by atoms with E-state index >= 15 is 0 Å². The van der Waals surface area contributed by atoms with Gasteiger partial charge in [0.05, 0.1) is 14.2 Å². The number of nitrogens with one attached hydrogen (secondary N) is 1. The van der Waals surface area contributed by atoms with Gasteiger partial charge in [0, 0.05) is 33.7 Å². The first-order chi connectivity index (χ1) is 13.0. The Morgan fingerprint density at radius 1 is 1.22 bits per heavy atom. The van der Waals surface area contributed by atoms with Crippen LogP contribution in [0.1, 0.15) is 30.9 Å². The van der Waals surface area contributed by atoms with Gasteiger partial charge in [-0.3, -0.25) is 4.79 Å². The van der Waals surface area contributed by atoms with E-state index in [0.717, 1.165) is 56.4 Å². The molecule has 150 valence electrons. The van der Waals surface area contributed by atoms with Gasteiger partial charge in [-0.1, -0.05) is 13.3 Å². The van der Waals surface area contributed by atoms with E-state index < -0.39 is 0 Å². The predicted molar refractivity (Wildman–Crippen MR) is 108 cm³/mol. The minimum atomic E-state index is -0.00592. The summed E-state index contributed by atoms with van der Waals surface area (Å²) in [6, 6.07) is 4.09. The van der Waals surface area contributed by atoms with Crippen molar-refractivity contribution in [2.24, 2.45) is 4.99 Å². The summed E-state index contributed by atoms with van der Waals surface area (Å²) in [5.74, 6) is 2.28. The maximum atomic E-state index is 12.0. The molecule has 2 rings (SSSR count). The van der Waals surface area contributed by atoms with Crippen molar-refractivity contribution in [2.75, 3.05) is 47.9 Å². The minimum absolute atomic E-state index is 0.00592. The zero-order valence-electron chi connectivity index (χ0n) is 17.2. The summed E-state index contributed by atoms with van der Waals surface area (Å²) in [5.41, 5.74) is 2.46. The largest absolute Gasteiger partial charge is 0.493 e. The number of nitrogens with zero attached hydrogens (tertiary/aromatic N) is 3. The van der Waals surface area contributed by atoms with Crippen LogP contribution in [0.3, 0.4) is 0 Å². The summed E-state index contributed by atoms with van der Waals surface area (Å²) in [4.78, 5) is 20.3. The maximum Gasteiger partial charge on any atom is 0.243 e. The molecule has 0 aromatic heterocycles. The van der Waals surface area contributed by atoms with E-state index in [4.69, 9.17) is 9.47 Å². The molecule has 1 aliphatic heterocycles. The molecule has 0 unspecified atom stereocenters. The fraction of sp³-hybridized carbons (Fsp3) is 0.600. The van der Waals surface area contributed by atoms with E-state index in [-0.39, 0.29) is 12.5 Å². The van der Waals surface area contributed by atoms with Gasteiger partial charge in [-0.2, -0.15) is 0 Å². The molecule has 1 N–H and O–H groups in total. The molecule has 1 aromatic rings. The molecular weight excluding hydrogens is 344 g/mol. The van der Waals surface area contributed by atoms with Crippen LogP contribution in [-0.4, -0.2) is 69.6 Å². The number of methoxy groups -OCH3 is 2. The topological polar surface area (TPSA) is 66.4 Å². The van der Waals surface area contributed by atoms with Gasteiger partial charge in [-0.15, -0.1) is 0 Å². The van der Waals surface area contributed by atoms with Gasteiger partial charge >= 0.3 is 0 Å². The van der Waals surface area contributed by atoms with Gasteiger partial charge in [0.15, 0.2) is 17.5 Å². The van der Waals surface area contributed by atoms with E-state index in [1.54, 1.807) is 33.2 Å². The SMILES string of the molecule is CCCCNC(=NCC(=O)N(C)C)N1CCc2cc(OC)c(OC)cc2C1. The van der Waals surface area contributed by atoms with Crippen molar-refractivity contribution in [3.8, 4) is 11.5 Å². The highest BCUT2D eigenvalue weighted by molar-refractivity contribution is 5.85. The number of benzene rings is 1. The van der Waals surface area contributed by atoms with Gasteiger partial charge in [0.1, 0.15) is 6.54 Å². The first-order valence-electron chi connectivity index (χ1n) is 9.47. The smallest absolute Gasteiger partial charge is 0.243 e. The van der Waals surface area contributed by atoms with Crippen molar-refractivity contribution in [2.45, 2.75) is 32.7 Å². The molecule has 1 aliphatic rings. The molecule has 7 heteroatoms. The summed E-state index contributed by atoms with van der Waals surface area (Å²) in [5, 5.41) is 3.42. The van der Waals surface area contributed by atoms with Gasteiger partial charge in [0.25, 0.3) is 0 Å². The summed E-state index contributed by atoms with van der Waals surface area (Å²) in [6.07, 6.45) is 3.07. The lowest BCUT2D eigenvalue weighted by Crippen LogP contribution is -2.45. The third-order valence-corrected chi connectivity index (χ3v) is 4.69. The molecule has 0 radical (unpaired) electrons. The number of aliphatic imine (C=N–C) groups is 1. The fourth-order valence-corrected chi connectivity index (χ4v) is 2.99. The van der Waals surface area contributed by atoms with Crippen LogP contribution in [0.25, 0.3) is 0 Å². The van der Waals surface area contributed by atoms with E-state index in [2.05, 4.69) is 28.2 Å². The van der Waals surface area contributed by atoms with E-state index in [9.17, 15) is 4.79 Å². The highest BCUT2D eigenvalue weighted by Crippen LogP contribution is 2.33. The van der Waals surface area contributed by atoms with Crippen LogP contribution < -0.4 is 14.8 Å². The second kappa shape index (κ2) is 10.0. The molecule has 1 amide bonds. The Morgan fingerprint density at radius 3 is 2.48 bits per heavy atom. The number of carbonyl (C=O) groups is 1. The average molecular weight is 377 g/mol. The molecule has 0 spiro atoms. The highest BCUT2D eigenvalue weighted by atomic mass is 16.5. The monoisotopic (exact) mass is 376 g/mol. The molecule has 0 saturated carbocycles. The quantitative estimate of drug-likeness (QED) is 0.447. The second-order valence-corrected chi connectivity index (χ2v) is 6.86. The molecule has 0 bridgehead atoms. The van der Waals surface area contributed by atoms with Crippen molar-refractivity contribution in [3.63, 3.8) is 0 Å². The first kappa shape index (κ1) is 20.9. The predicted octanol–water partition coefficient (Wildman–Crippen LogP) is 1.90. The molecule has 1 heterocycles. The standard InChI is InChI=1S/C20H32N4O3/c1-6-7-9-21-20(22-13-19(25)23(2)3)24-10-8-15-11-17(26-4)18(27-5)12-16(15)14-24/h11-12H,6-10,13-14H2,1-5H3,(H,21,22). The number of unbranched alkanes of at least 4 members (excludes halogenated alkanes) is 1. The lowest BCUT2D eigenvalue weighted by Gasteiger charge is -2.32. The molecule has 0 fully saturated rings. The van der Waals surface area contributed by atoms with Crippen LogP contribution in [0.5, 0.6) is 11.5 Å². The Kier molecular flexibility index (Phi) is 7.76. The third-order valence-electron chi connectivity index (χ3n) is 4.69. The lowest BCUT2D eigenvalue weighted by molar-refractivity contribution is -0.127. The van der Waals surface area contributed by atoms with E-state index in [0.29, 0.717) is 0 Å². The Hall–Kier alpha value is -2.44. The molecule has 0 saturated heterocycles. The Labute approximate surface area is 162 Å². The fourth-order valence-electron chi connectivity index (χ4n) is 2.99. The van der Waals surface area contributed by atoms with Gasteiger partial charge in [0.2, 0.25) is 5.91 Å². The van der Waals surface area contributed by atoms with Crippen molar-refractivity contribution in [3.05, 3.63) is 23.3 Å². The van der Waals surface area contributed by atoms with Gasteiger partial charge in [-0.05, 0) is 36.1 Å². The first-order valence-corrected chi connectivity index (χ1v) is 9.47. The molecule has 1 aromatic carbocycles. The number of guanidine groups is 1. The lowest BCUT2D eigenvalue weighted by atomic mass is 9.99. The Balaban J connectivity index is 2.19. The number of hydrogen-bond acceptors (Lipinski definition) is 4. The molecular formula is C20H32N4O3. The normalized spacial score (nSPS) is 13.8. The highest BCUT2D eigenvalue weighted by Gasteiger charge is 2.22.